The summed E-state index contributed by atoms with van der Waals surface area (Å²) in [5.41, 5.74) is 5.89. The van der Waals surface area contributed by atoms with E-state index in [0.29, 0.717) is 13.0 Å². The predicted octanol–water partition coefficient (Wildman–Crippen LogP) is 0.378. The molecule has 2 N–H and O–H groups in total. The Morgan fingerprint density at radius 1 is 1.53 bits per heavy atom. The Bertz CT molecular complexity index is 230. The number of carbonyl (C=O) groups is 1. The van der Waals surface area contributed by atoms with Crippen molar-refractivity contribution in [2.75, 3.05) is 34.0 Å². The second-order valence-corrected chi connectivity index (χ2v) is 4.53. The quantitative estimate of drug-likeness (QED) is 0.686. The predicted molar refractivity (Wildman–Crippen MR) is 65.7 cm³/mol. The van der Waals surface area contributed by atoms with Gasteiger partial charge in [-0.25, -0.2) is 0 Å². The second kappa shape index (κ2) is 7.63. The Kier molecular flexibility index (Phi) is 6.47. The van der Waals surface area contributed by atoms with Gasteiger partial charge in [-0.15, -0.1) is 0 Å². The van der Waals surface area contributed by atoms with Crippen LogP contribution in [0.25, 0.3) is 0 Å². The highest BCUT2D eigenvalue weighted by molar-refractivity contribution is 5.81. The Balaban J connectivity index is 2.33. The van der Waals surface area contributed by atoms with Gasteiger partial charge in [0.05, 0.1) is 6.04 Å². The fourth-order valence-electron chi connectivity index (χ4n) is 2.09. The smallest absolute Gasteiger partial charge is 0.239 e. The molecule has 1 amide bonds. The van der Waals surface area contributed by atoms with E-state index in [4.69, 9.17) is 15.2 Å². The van der Waals surface area contributed by atoms with Crippen LogP contribution in [0.15, 0.2) is 0 Å². The maximum absolute atomic E-state index is 12.1. The zero-order valence-corrected chi connectivity index (χ0v) is 10.9. The molecule has 1 heterocycles. The van der Waals surface area contributed by atoms with Crippen molar-refractivity contribution in [2.45, 2.75) is 37.8 Å². The topological polar surface area (TPSA) is 64.8 Å². The van der Waals surface area contributed by atoms with E-state index in [1.165, 1.54) is 0 Å². The lowest BCUT2D eigenvalue weighted by Crippen LogP contribution is -2.48. The maximum Gasteiger partial charge on any atom is 0.239 e. The normalized spacial score (nSPS) is 19.0. The Hall–Kier alpha value is -0.650. The molecule has 1 atom stereocenters. The molecule has 1 saturated heterocycles. The van der Waals surface area contributed by atoms with E-state index in [-0.39, 0.29) is 11.9 Å². The van der Waals surface area contributed by atoms with E-state index in [2.05, 4.69) is 0 Å². The first-order valence-electron chi connectivity index (χ1n) is 6.25. The van der Waals surface area contributed by atoms with E-state index in [9.17, 15) is 4.79 Å². The van der Waals surface area contributed by atoms with Gasteiger partial charge in [0.2, 0.25) is 5.91 Å². The fourth-order valence-corrected chi connectivity index (χ4v) is 2.09. The van der Waals surface area contributed by atoms with Gasteiger partial charge in [-0.3, -0.25) is 4.79 Å². The molecule has 0 aromatic rings. The number of hydrogen-bond donors (Lipinski definition) is 1. The summed E-state index contributed by atoms with van der Waals surface area (Å²) in [6, 6.07) is -0.122. The third-order valence-corrected chi connectivity index (χ3v) is 3.27. The number of nitrogens with zero attached hydrogens (tertiary/aromatic N) is 1. The van der Waals surface area contributed by atoms with Crippen LogP contribution in [0, 0.1) is 0 Å². The molecule has 0 aromatic carbocycles. The number of amides is 1. The molecule has 0 aromatic heterocycles. The molecule has 17 heavy (non-hydrogen) atoms. The van der Waals surface area contributed by atoms with E-state index >= 15 is 0 Å². The SMILES string of the molecule is COCCCC(N)C(=O)N(C)C1CCOCC1. The van der Waals surface area contributed by atoms with Crippen LogP contribution in [0.5, 0.6) is 0 Å². The van der Waals surface area contributed by atoms with Crippen molar-refractivity contribution < 1.29 is 14.3 Å². The zero-order chi connectivity index (χ0) is 12.7. The van der Waals surface area contributed by atoms with Crippen molar-refractivity contribution >= 4 is 5.91 Å². The molecular weight excluding hydrogens is 220 g/mol. The third kappa shape index (κ3) is 4.61. The largest absolute Gasteiger partial charge is 0.385 e. The minimum Gasteiger partial charge on any atom is -0.385 e. The molecule has 1 aliphatic rings. The van der Waals surface area contributed by atoms with Gasteiger partial charge in [-0.05, 0) is 25.7 Å². The number of hydrogen-bond acceptors (Lipinski definition) is 4. The van der Waals surface area contributed by atoms with Crippen molar-refractivity contribution in [1.29, 1.82) is 0 Å². The lowest BCUT2D eigenvalue weighted by atomic mass is 10.1. The van der Waals surface area contributed by atoms with Crippen LogP contribution in [0.3, 0.4) is 0 Å². The number of methoxy groups -OCH3 is 1. The van der Waals surface area contributed by atoms with Crippen molar-refractivity contribution in [2.24, 2.45) is 5.73 Å². The molecule has 5 nitrogen and oxygen atoms in total. The van der Waals surface area contributed by atoms with Gasteiger partial charge < -0.3 is 20.1 Å². The molecule has 0 spiro atoms. The van der Waals surface area contributed by atoms with Crippen LogP contribution in [0.4, 0.5) is 0 Å². The van der Waals surface area contributed by atoms with E-state index in [0.717, 1.165) is 32.5 Å². The first-order valence-corrected chi connectivity index (χ1v) is 6.25. The summed E-state index contributed by atoms with van der Waals surface area (Å²) < 4.78 is 10.2. The molecule has 5 heteroatoms. The highest BCUT2D eigenvalue weighted by atomic mass is 16.5. The molecule has 1 aliphatic heterocycles. The minimum atomic E-state index is -0.405. The van der Waals surface area contributed by atoms with Crippen LogP contribution in [0.1, 0.15) is 25.7 Å². The highest BCUT2D eigenvalue weighted by Gasteiger charge is 2.25. The first kappa shape index (κ1) is 14.4. The Morgan fingerprint density at radius 3 is 2.76 bits per heavy atom. The first-order chi connectivity index (χ1) is 8.16. The average molecular weight is 244 g/mol. The summed E-state index contributed by atoms with van der Waals surface area (Å²) in [6.45, 7) is 2.13. The summed E-state index contributed by atoms with van der Waals surface area (Å²) >= 11 is 0. The van der Waals surface area contributed by atoms with Gasteiger partial charge in [0.1, 0.15) is 0 Å². The van der Waals surface area contributed by atoms with E-state index in [1.54, 1.807) is 12.0 Å². The molecule has 1 fully saturated rings. The summed E-state index contributed by atoms with van der Waals surface area (Å²) in [7, 11) is 3.50. The third-order valence-electron chi connectivity index (χ3n) is 3.27. The van der Waals surface area contributed by atoms with Crippen LogP contribution in [-0.4, -0.2) is 56.9 Å². The van der Waals surface area contributed by atoms with Gasteiger partial charge in [-0.2, -0.15) is 0 Å². The summed E-state index contributed by atoms with van der Waals surface area (Å²) in [5.74, 6) is 0.0352. The van der Waals surface area contributed by atoms with Crippen molar-refractivity contribution in [3.8, 4) is 0 Å². The number of nitrogens with two attached hydrogens (primary N) is 1. The molecule has 1 unspecified atom stereocenters. The number of carbonyl (C=O) groups excluding carboxylic acids is 1. The standard InChI is InChI=1S/C12H24N2O3/c1-14(10-5-8-17-9-6-10)12(15)11(13)4-3-7-16-2/h10-11H,3-9,13H2,1-2H3. The highest BCUT2D eigenvalue weighted by Crippen LogP contribution is 2.14. The van der Waals surface area contributed by atoms with Gasteiger partial charge in [0.25, 0.3) is 0 Å². The van der Waals surface area contributed by atoms with Crippen molar-refractivity contribution in [3.63, 3.8) is 0 Å². The maximum atomic E-state index is 12.1. The lowest BCUT2D eigenvalue weighted by molar-refractivity contribution is -0.135. The second-order valence-electron chi connectivity index (χ2n) is 4.53. The zero-order valence-electron chi connectivity index (χ0n) is 10.9. The number of ether oxygens (including phenoxy) is 2. The van der Waals surface area contributed by atoms with Crippen LogP contribution in [-0.2, 0) is 14.3 Å². The molecule has 100 valence electrons. The van der Waals surface area contributed by atoms with E-state index in [1.807, 2.05) is 7.05 Å². The van der Waals surface area contributed by atoms with Gasteiger partial charge >= 0.3 is 0 Å². The molecule has 0 saturated carbocycles. The fraction of sp³-hybridized carbons (Fsp3) is 0.917. The molecule has 0 radical (unpaired) electrons. The van der Waals surface area contributed by atoms with Gasteiger partial charge in [0.15, 0.2) is 0 Å². The van der Waals surface area contributed by atoms with Crippen molar-refractivity contribution in [1.82, 2.24) is 4.90 Å². The monoisotopic (exact) mass is 244 g/mol. The lowest BCUT2D eigenvalue weighted by Gasteiger charge is -2.32. The van der Waals surface area contributed by atoms with Crippen molar-refractivity contribution in [3.05, 3.63) is 0 Å². The summed E-state index contributed by atoms with van der Waals surface area (Å²) in [6.07, 6.45) is 3.32. The number of likely N-dealkylation sites (N-methyl/N-ethyl adjacent to an activating group) is 1. The molecule has 0 aliphatic carbocycles. The van der Waals surface area contributed by atoms with Gasteiger partial charge in [0, 0.05) is 40.0 Å². The number of rotatable bonds is 6. The van der Waals surface area contributed by atoms with Crippen LogP contribution >= 0.6 is 0 Å². The summed E-state index contributed by atoms with van der Waals surface area (Å²) in [4.78, 5) is 13.8. The molecular formula is C12H24N2O3. The van der Waals surface area contributed by atoms with Gasteiger partial charge in [-0.1, -0.05) is 0 Å². The Labute approximate surface area is 103 Å². The Morgan fingerprint density at radius 2 is 2.18 bits per heavy atom. The molecule has 1 rings (SSSR count). The molecule has 0 bridgehead atoms. The van der Waals surface area contributed by atoms with E-state index < -0.39 is 6.04 Å². The van der Waals surface area contributed by atoms with Crippen LogP contribution in [0.2, 0.25) is 0 Å². The average Bonchev–Trinajstić information content (AvgIpc) is 2.38. The minimum absolute atomic E-state index is 0.0352. The summed E-state index contributed by atoms with van der Waals surface area (Å²) in [5, 5.41) is 0. The van der Waals surface area contributed by atoms with Crippen LogP contribution < -0.4 is 5.73 Å².